The van der Waals surface area contributed by atoms with Crippen LogP contribution in [0.5, 0.6) is 0 Å². The summed E-state index contributed by atoms with van der Waals surface area (Å²) >= 11 is 7.50. The van der Waals surface area contributed by atoms with E-state index in [2.05, 4.69) is 15.5 Å². The van der Waals surface area contributed by atoms with Crippen molar-refractivity contribution in [2.45, 2.75) is 17.1 Å². The van der Waals surface area contributed by atoms with Crippen LogP contribution in [0.2, 0.25) is 5.02 Å². The summed E-state index contributed by atoms with van der Waals surface area (Å²) in [5.74, 6) is 0.720. The van der Waals surface area contributed by atoms with Gasteiger partial charge in [0.2, 0.25) is 0 Å². The molecule has 4 aromatic carbocycles. The first-order chi connectivity index (χ1) is 18.8. The molecule has 5 rings (SSSR count). The standard InChI is InChI=1S/C29H20ClF3N4OS/c30-24-16-15-22(29(31,32)33)17-25(24)34-27(38)21-13-11-19(12-14-21)18-39-28-36-35-26(20-7-3-1-4-8-20)37(28)23-9-5-2-6-10-23/h1-17H,18H2,(H,34,38). The van der Waals surface area contributed by atoms with Gasteiger partial charge in [-0.1, -0.05) is 84.0 Å². The van der Waals surface area contributed by atoms with Gasteiger partial charge in [-0.05, 0) is 48.0 Å². The van der Waals surface area contributed by atoms with Crippen molar-refractivity contribution >= 4 is 35.0 Å². The molecule has 0 radical (unpaired) electrons. The summed E-state index contributed by atoms with van der Waals surface area (Å²) in [7, 11) is 0. The Morgan fingerprint density at radius 3 is 2.21 bits per heavy atom. The Balaban J connectivity index is 1.31. The number of hydrogen-bond donors (Lipinski definition) is 1. The molecule has 5 aromatic rings. The smallest absolute Gasteiger partial charge is 0.321 e. The predicted molar refractivity (Wildman–Crippen MR) is 147 cm³/mol. The van der Waals surface area contributed by atoms with Crippen molar-refractivity contribution < 1.29 is 18.0 Å². The molecule has 0 fully saturated rings. The quantitative estimate of drug-likeness (QED) is 0.203. The van der Waals surface area contributed by atoms with Crippen molar-refractivity contribution in [1.82, 2.24) is 14.8 Å². The third-order valence-electron chi connectivity index (χ3n) is 5.81. The van der Waals surface area contributed by atoms with Crippen molar-refractivity contribution in [1.29, 1.82) is 0 Å². The number of alkyl halides is 3. The molecule has 0 bridgehead atoms. The highest BCUT2D eigenvalue weighted by Gasteiger charge is 2.31. The second kappa shape index (κ2) is 11.3. The topological polar surface area (TPSA) is 59.8 Å². The number of halogens is 4. The number of carbonyl (C=O) groups is 1. The van der Waals surface area contributed by atoms with Crippen molar-refractivity contribution in [3.63, 3.8) is 0 Å². The van der Waals surface area contributed by atoms with E-state index in [1.165, 1.54) is 11.8 Å². The lowest BCUT2D eigenvalue weighted by Crippen LogP contribution is -2.13. The SMILES string of the molecule is O=C(Nc1cc(C(F)(F)F)ccc1Cl)c1ccc(CSc2nnc(-c3ccccc3)n2-c2ccccc2)cc1. The normalized spacial score (nSPS) is 11.4. The lowest BCUT2D eigenvalue weighted by atomic mass is 10.1. The van der Waals surface area contributed by atoms with Gasteiger partial charge in [0, 0.05) is 22.6 Å². The first kappa shape index (κ1) is 26.5. The second-order valence-corrected chi connectivity index (χ2v) is 9.82. The van der Waals surface area contributed by atoms with Crippen molar-refractivity contribution in [2.75, 3.05) is 5.32 Å². The van der Waals surface area contributed by atoms with Crippen LogP contribution in [0, 0.1) is 0 Å². The Bertz CT molecular complexity index is 1590. The molecule has 0 aliphatic carbocycles. The van der Waals surface area contributed by atoms with Crippen LogP contribution in [-0.4, -0.2) is 20.7 Å². The minimum atomic E-state index is -4.55. The molecule has 1 aromatic heterocycles. The van der Waals surface area contributed by atoms with Crippen LogP contribution in [0.4, 0.5) is 18.9 Å². The zero-order valence-electron chi connectivity index (χ0n) is 20.2. The van der Waals surface area contributed by atoms with Crippen molar-refractivity contribution in [2.24, 2.45) is 0 Å². The van der Waals surface area contributed by atoms with Crippen LogP contribution in [0.15, 0.2) is 108 Å². The molecule has 0 aliphatic heterocycles. The largest absolute Gasteiger partial charge is 0.416 e. The molecule has 0 saturated carbocycles. The van der Waals surface area contributed by atoms with Gasteiger partial charge in [0.05, 0.1) is 16.3 Å². The molecule has 1 N–H and O–H groups in total. The van der Waals surface area contributed by atoms with Crippen molar-refractivity contribution in [3.8, 4) is 17.1 Å². The van der Waals surface area contributed by atoms with Gasteiger partial charge in [0.1, 0.15) is 0 Å². The number of hydrogen-bond acceptors (Lipinski definition) is 4. The van der Waals surface area contributed by atoms with Gasteiger partial charge < -0.3 is 5.32 Å². The van der Waals surface area contributed by atoms with Crippen LogP contribution in [0.3, 0.4) is 0 Å². The molecule has 5 nitrogen and oxygen atoms in total. The van der Waals surface area contributed by atoms with E-state index in [1.807, 2.05) is 65.2 Å². The molecule has 0 spiro atoms. The summed E-state index contributed by atoms with van der Waals surface area (Å²) in [6, 6.07) is 29.2. The maximum Gasteiger partial charge on any atom is 0.416 e. The predicted octanol–water partition coefficient (Wildman–Crippen LogP) is 8.15. The fraction of sp³-hybridized carbons (Fsp3) is 0.0690. The Labute approximate surface area is 231 Å². The average molecular weight is 565 g/mol. The fourth-order valence-electron chi connectivity index (χ4n) is 3.84. The number of para-hydroxylation sites is 1. The first-order valence-corrected chi connectivity index (χ1v) is 13.1. The molecule has 0 atom stereocenters. The molecule has 39 heavy (non-hydrogen) atoms. The molecule has 10 heteroatoms. The highest BCUT2D eigenvalue weighted by molar-refractivity contribution is 7.98. The van der Waals surface area contributed by atoms with Gasteiger partial charge in [-0.15, -0.1) is 10.2 Å². The number of carbonyl (C=O) groups excluding carboxylic acids is 1. The molecular weight excluding hydrogens is 545 g/mol. The summed E-state index contributed by atoms with van der Waals surface area (Å²) in [5.41, 5.74) is 2.09. The van der Waals surface area contributed by atoms with E-state index in [4.69, 9.17) is 11.6 Å². The number of nitrogens with one attached hydrogen (secondary N) is 1. The van der Waals surface area contributed by atoms with Gasteiger partial charge in [-0.2, -0.15) is 13.2 Å². The van der Waals surface area contributed by atoms with E-state index in [0.717, 1.165) is 40.8 Å². The molecular formula is C29H20ClF3N4OS. The zero-order valence-corrected chi connectivity index (χ0v) is 21.8. The fourth-order valence-corrected chi connectivity index (χ4v) is 4.91. The summed E-state index contributed by atoms with van der Waals surface area (Å²) < 4.78 is 41.1. The van der Waals surface area contributed by atoms with E-state index in [0.29, 0.717) is 10.9 Å². The van der Waals surface area contributed by atoms with Crippen LogP contribution in [0.1, 0.15) is 21.5 Å². The average Bonchev–Trinajstić information content (AvgIpc) is 3.38. The Morgan fingerprint density at radius 2 is 1.54 bits per heavy atom. The lowest BCUT2D eigenvalue weighted by molar-refractivity contribution is -0.137. The maximum atomic E-state index is 13.0. The summed E-state index contributed by atoms with van der Waals surface area (Å²) in [6.45, 7) is 0. The van der Waals surface area contributed by atoms with E-state index in [-0.39, 0.29) is 16.3 Å². The lowest BCUT2D eigenvalue weighted by Gasteiger charge is -2.12. The monoisotopic (exact) mass is 564 g/mol. The van der Waals surface area contributed by atoms with E-state index in [9.17, 15) is 18.0 Å². The number of rotatable bonds is 7. The van der Waals surface area contributed by atoms with Crippen LogP contribution in [-0.2, 0) is 11.9 Å². The van der Waals surface area contributed by atoms with Crippen LogP contribution in [0.25, 0.3) is 17.1 Å². The Kier molecular flexibility index (Phi) is 7.72. The Morgan fingerprint density at radius 1 is 0.872 bits per heavy atom. The minimum Gasteiger partial charge on any atom is -0.321 e. The molecule has 1 amide bonds. The summed E-state index contributed by atoms with van der Waals surface area (Å²) in [5, 5.41) is 12.1. The van der Waals surface area contributed by atoms with Crippen LogP contribution >= 0.6 is 23.4 Å². The van der Waals surface area contributed by atoms with E-state index in [1.54, 1.807) is 24.3 Å². The molecule has 0 aliphatic rings. The highest BCUT2D eigenvalue weighted by atomic mass is 35.5. The first-order valence-electron chi connectivity index (χ1n) is 11.8. The summed E-state index contributed by atoms with van der Waals surface area (Å²) in [6.07, 6.45) is -4.55. The van der Waals surface area contributed by atoms with E-state index >= 15 is 0 Å². The molecule has 196 valence electrons. The number of amides is 1. The summed E-state index contributed by atoms with van der Waals surface area (Å²) in [4.78, 5) is 12.7. The molecule has 0 unspecified atom stereocenters. The highest BCUT2D eigenvalue weighted by Crippen LogP contribution is 2.34. The second-order valence-electron chi connectivity index (χ2n) is 8.48. The molecule has 1 heterocycles. The third-order valence-corrected chi connectivity index (χ3v) is 7.14. The van der Waals surface area contributed by atoms with Gasteiger partial charge in [-0.3, -0.25) is 9.36 Å². The number of thioether (sulfide) groups is 1. The zero-order chi connectivity index (χ0) is 27.4. The van der Waals surface area contributed by atoms with Gasteiger partial charge in [-0.25, -0.2) is 0 Å². The van der Waals surface area contributed by atoms with Gasteiger partial charge >= 0.3 is 6.18 Å². The maximum absolute atomic E-state index is 13.0. The number of anilines is 1. The van der Waals surface area contributed by atoms with Gasteiger partial charge in [0.25, 0.3) is 5.91 Å². The molecule has 0 saturated heterocycles. The third kappa shape index (κ3) is 6.16. The number of aromatic nitrogens is 3. The van der Waals surface area contributed by atoms with Gasteiger partial charge in [0.15, 0.2) is 11.0 Å². The van der Waals surface area contributed by atoms with E-state index < -0.39 is 17.6 Å². The number of benzene rings is 4. The van der Waals surface area contributed by atoms with Crippen LogP contribution < -0.4 is 5.32 Å². The number of nitrogens with zero attached hydrogens (tertiary/aromatic N) is 3. The Hall–Kier alpha value is -4.08. The van der Waals surface area contributed by atoms with Crippen molar-refractivity contribution in [3.05, 3.63) is 125 Å². The minimum absolute atomic E-state index is 0.0155.